The Balaban J connectivity index is 0.991. The second kappa shape index (κ2) is 16.9. The van der Waals surface area contributed by atoms with Crippen molar-refractivity contribution in [1.82, 2.24) is 15.1 Å². The molecule has 0 spiro atoms. The van der Waals surface area contributed by atoms with Gasteiger partial charge in [-0.3, -0.25) is 39.2 Å². The largest absolute Gasteiger partial charge is 0.492 e. The highest BCUT2D eigenvalue weighted by molar-refractivity contribution is 7.81. The van der Waals surface area contributed by atoms with Crippen LogP contribution >= 0.6 is 24.2 Å². The van der Waals surface area contributed by atoms with Gasteiger partial charge < -0.3 is 20.3 Å². The molecule has 3 aliphatic heterocycles. The van der Waals surface area contributed by atoms with E-state index in [-0.39, 0.29) is 47.7 Å². The van der Waals surface area contributed by atoms with E-state index in [0.717, 1.165) is 49.6 Å². The quantitative estimate of drug-likeness (QED) is 0.148. The summed E-state index contributed by atoms with van der Waals surface area (Å²) in [4.78, 5) is 58.4. The first-order valence-electron chi connectivity index (χ1n) is 18.5. The van der Waals surface area contributed by atoms with Crippen LogP contribution < -0.4 is 30.5 Å². The Hall–Kier alpha value is -4.81. The number of rotatable bonds is 12. The average Bonchev–Trinajstić information content (AvgIpc) is 3.32. The molecule has 3 fully saturated rings. The number of carbonyl (C=O) groups excluding carboxylic acids is 4. The molecule has 3 saturated heterocycles. The zero-order valence-corrected chi connectivity index (χ0v) is 33.1. The molecule has 290 valence electrons. The molecule has 0 aliphatic carbocycles. The number of imide groups is 1. The smallest absolute Gasteiger partial charge is 0.254 e. The summed E-state index contributed by atoms with van der Waals surface area (Å²) in [6, 6.07) is 19.9. The Kier molecular flexibility index (Phi) is 12.3. The minimum absolute atomic E-state index is 0.116. The van der Waals surface area contributed by atoms with E-state index in [9.17, 15) is 24.4 Å². The normalized spacial score (nSPS) is 21.6. The summed E-state index contributed by atoms with van der Waals surface area (Å²) in [5, 5.41) is 18.1. The van der Waals surface area contributed by atoms with E-state index in [1.807, 2.05) is 43.0 Å². The van der Waals surface area contributed by atoms with Gasteiger partial charge in [0.15, 0.2) is 5.50 Å². The fourth-order valence-corrected chi connectivity index (χ4v) is 8.27. The number of ether oxygens (including phenoxy) is 1. The lowest BCUT2D eigenvalue weighted by Gasteiger charge is -2.39. The van der Waals surface area contributed by atoms with E-state index < -0.39 is 17.1 Å². The average molecular weight is 787 g/mol. The van der Waals surface area contributed by atoms with Crippen molar-refractivity contribution in [2.24, 2.45) is 0 Å². The molecule has 55 heavy (non-hydrogen) atoms. The number of nitriles is 1. The van der Waals surface area contributed by atoms with Crippen molar-refractivity contribution in [3.63, 3.8) is 0 Å². The summed E-state index contributed by atoms with van der Waals surface area (Å²) in [5.74, 6) is -0.0673. The fraction of sp³-hybridized carbons (Fsp3) is 0.425. The molecule has 0 radical (unpaired) electrons. The van der Waals surface area contributed by atoms with Crippen LogP contribution in [-0.2, 0) is 25.6 Å². The number of aryl methyl sites for hydroxylation is 1. The monoisotopic (exact) mass is 786 g/mol. The number of carbonyl (C=O) groups is 4. The molecule has 3 aliphatic rings. The van der Waals surface area contributed by atoms with Gasteiger partial charge in [0.2, 0.25) is 17.7 Å². The topological polar surface area (TPSA) is 150 Å². The highest BCUT2D eigenvalue weighted by Crippen LogP contribution is 2.42. The Bertz CT molecular complexity index is 2010. The van der Waals surface area contributed by atoms with Gasteiger partial charge in [-0.05, 0) is 93.8 Å². The maximum Gasteiger partial charge on any atom is 0.254 e. The van der Waals surface area contributed by atoms with Gasteiger partial charge in [-0.15, -0.1) is 12.6 Å². The Morgan fingerprint density at radius 3 is 2.55 bits per heavy atom. The molecule has 3 aromatic rings. The van der Waals surface area contributed by atoms with E-state index in [1.165, 1.54) is 0 Å². The van der Waals surface area contributed by atoms with Crippen LogP contribution in [0.4, 0.5) is 22.7 Å². The lowest BCUT2D eigenvalue weighted by atomic mass is 10.0. The molecule has 1 unspecified atom stereocenters. The number of thiol groups is 1. The fourth-order valence-electron chi connectivity index (χ4n) is 7.39. The minimum atomic E-state index is -0.901. The van der Waals surface area contributed by atoms with E-state index in [1.54, 1.807) is 35.2 Å². The number of piperidine rings is 1. The van der Waals surface area contributed by atoms with Crippen LogP contribution in [0.3, 0.4) is 0 Å². The van der Waals surface area contributed by atoms with Crippen LogP contribution in [0.15, 0.2) is 60.7 Å². The van der Waals surface area contributed by atoms with E-state index in [2.05, 4.69) is 51.7 Å². The molecule has 15 heteroatoms. The zero-order chi connectivity index (χ0) is 39.4. The zero-order valence-electron chi connectivity index (χ0n) is 31.5. The maximum atomic E-state index is 13.7. The van der Waals surface area contributed by atoms with Crippen LogP contribution in [0.25, 0.3) is 0 Å². The van der Waals surface area contributed by atoms with Crippen molar-refractivity contribution in [3.8, 4) is 11.8 Å². The number of piperazine rings is 1. The summed E-state index contributed by atoms with van der Waals surface area (Å²) in [5.41, 5.74) is 2.59. The van der Waals surface area contributed by atoms with Crippen LogP contribution in [0, 0.1) is 11.3 Å². The van der Waals surface area contributed by atoms with Crippen molar-refractivity contribution in [1.29, 1.82) is 5.26 Å². The molecule has 3 aromatic carbocycles. The summed E-state index contributed by atoms with van der Waals surface area (Å²) >= 11 is 11.2. The number of benzene rings is 3. The molecule has 4 amide bonds. The van der Waals surface area contributed by atoms with Crippen molar-refractivity contribution in [2.45, 2.75) is 70.1 Å². The molecule has 6 rings (SSSR count). The first-order valence-corrected chi connectivity index (χ1v) is 19.4. The van der Waals surface area contributed by atoms with E-state index in [4.69, 9.17) is 29.0 Å². The van der Waals surface area contributed by atoms with Gasteiger partial charge in [0, 0.05) is 61.4 Å². The second-order valence-electron chi connectivity index (χ2n) is 14.6. The SMILES string of the molecule is CCc1cc(N2[C@@H](S)N(c3ccc(C#N)c(Cl)c3)C(=O)C2(C)C)ccc1OCCN1CCN(CC(=O)Nc2cccc(NC3CCC(=O)NC3=O)c2)[C@H](C)C1. The van der Waals surface area contributed by atoms with E-state index >= 15 is 0 Å². The summed E-state index contributed by atoms with van der Waals surface area (Å²) in [7, 11) is 0. The molecule has 0 bridgehead atoms. The van der Waals surface area contributed by atoms with Gasteiger partial charge in [0.05, 0.1) is 17.1 Å². The number of anilines is 4. The Labute approximate surface area is 332 Å². The first-order chi connectivity index (χ1) is 26.3. The third-order valence-electron chi connectivity index (χ3n) is 10.4. The minimum Gasteiger partial charge on any atom is -0.492 e. The number of halogens is 1. The van der Waals surface area contributed by atoms with Gasteiger partial charge in [-0.2, -0.15) is 5.26 Å². The number of hydrogen-bond acceptors (Lipinski definition) is 11. The van der Waals surface area contributed by atoms with Crippen LogP contribution in [-0.4, -0.2) is 95.9 Å². The molecular formula is C40H47ClN8O5S. The van der Waals surface area contributed by atoms with E-state index in [0.29, 0.717) is 35.7 Å². The van der Waals surface area contributed by atoms with Crippen LogP contribution in [0.1, 0.15) is 51.7 Å². The number of nitrogens with zero attached hydrogens (tertiary/aromatic N) is 5. The number of nitrogens with one attached hydrogen (secondary N) is 3. The lowest BCUT2D eigenvalue weighted by molar-refractivity contribution is -0.133. The summed E-state index contributed by atoms with van der Waals surface area (Å²) < 4.78 is 6.32. The maximum absolute atomic E-state index is 13.7. The van der Waals surface area contributed by atoms with Gasteiger partial charge in [0.1, 0.15) is 30.0 Å². The molecule has 3 N–H and O–H groups in total. The predicted molar refractivity (Wildman–Crippen MR) is 217 cm³/mol. The second-order valence-corrected chi connectivity index (χ2v) is 15.5. The van der Waals surface area contributed by atoms with Crippen LogP contribution in [0.2, 0.25) is 5.02 Å². The van der Waals surface area contributed by atoms with Gasteiger partial charge >= 0.3 is 0 Å². The predicted octanol–water partition coefficient (Wildman–Crippen LogP) is 4.86. The highest BCUT2D eigenvalue weighted by Gasteiger charge is 2.51. The van der Waals surface area contributed by atoms with Crippen molar-refractivity contribution in [2.75, 3.05) is 59.8 Å². The Morgan fingerprint density at radius 1 is 1.07 bits per heavy atom. The van der Waals surface area contributed by atoms with Crippen molar-refractivity contribution in [3.05, 3.63) is 76.8 Å². The number of amides is 4. The standard InChI is InChI=1S/C40H47ClN8O5S/c1-5-26-19-31(49-39(55)48(38(53)40(49,3)4)30-10-9-27(22-42)32(41)21-30)11-13-34(26)54-18-17-46-15-16-47(25(2)23-46)24-36(51)44-29-8-6-7-28(20-29)43-33-12-14-35(50)45-37(33)52/h6-11,13,19-21,25,33,39,43,55H,5,12,14-18,23-24H2,1-4H3,(H,44,51)(H,45,50,52)/t25-,33?,39+/m1/s1. The number of hydrogen-bond donors (Lipinski definition) is 4. The molecule has 3 heterocycles. The van der Waals surface area contributed by atoms with Crippen molar-refractivity contribution < 1.29 is 23.9 Å². The third kappa shape index (κ3) is 8.86. The lowest BCUT2D eigenvalue weighted by Crippen LogP contribution is -2.54. The van der Waals surface area contributed by atoms with Gasteiger partial charge in [0.25, 0.3) is 5.91 Å². The molecular weight excluding hydrogens is 740 g/mol. The van der Waals surface area contributed by atoms with Crippen LogP contribution in [0.5, 0.6) is 5.75 Å². The molecule has 0 aromatic heterocycles. The molecule has 3 atom stereocenters. The van der Waals surface area contributed by atoms with Gasteiger partial charge in [-0.1, -0.05) is 24.6 Å². The Morgan fingerprint density at radius 2 is 1.84 bits per heavy atom. The first kappa shape index (κ1) is 39.9. The van der Waals surface area contributed by atoms with Gasteiger partial charge in [-0.25, -0.2) is 0 Å². The highest BCUT2D eigenvalue weighted by atomic mass is 35.5. The molecule has 0 saturated carbocycles. The van der Waals surface area contributed by atoms with Crippen molar-refractivity contribution >= 4 is 70.6 Å². The summed E-state index contributed by atoms with van der Waals surface area (Å²) in [6.07, 6.45) is 1.44. The molecule has 13 nitrogen and oxygen atoms in total. The third-order valence-corrected chi connectivity index (χ3v) is 11.2. The summed E-state index contributed by atoms with van der Waals surface area (Å²) in [6.45, 7) is 11.8.